The van der Waals surface area contributed by atoms with Crippen LogP contribution in [0.25, 0.3) is 0 Å². The van der Waals surface area contributed by atoms with Gasteiger partial charge in [0.2, 0.25) is 0 Å². The Morgan fingerprint density at radius 2 is 1.81 bits per heavy atom. The minimum atomic E-state index is -0.154. The summed E-state index contributed by atoms with van der Waals surface area (Å²) in [5, 5.41) is 0. The van der Waals surface area contributed by atoms with Crippen LogP contribution >= 0.6 is 0 Å². The molecule has 3 atom stereocenters. The molecule has 1 aliphatic rings. The second-order valence-corrected chi connectivity index (χ2v) is 4.92. The Morgan fingerprint density at radius 3 is 2.19 bits per heavy atom. The molecule has 1 saturated heterocycles. The highest BCUT2D eigenvalue weighted by Crippen LogP contribution is 2.19. The number of hydrogen-bond donors (Lipinski definition) is 0. The Bertz CT molecular complexity index is 232. The summed E-state index contributed by atoms with van der Waals surface area (Å²) in [6, 6.07) is -0.154. The van der Waals surface area contributed by atoms with E-state index in [4.69, 9.17) is 9.47 Å². The van der Waals surface area contributed by atoms with E-state index in [-0.39, 0.29) is 30.1 Å². The Balaban J connectivity index is 2.74. The van der Waals surface area contributed by atoms with E-state index in [1.54, 1.807) is 0 Å². The van der Waals surface area contributed by atoms with E-state index in [0.29, 0.717) is 0 Å². The van der Waals surface area contributed by atoms with Gasteiger partial charge < -0.3 is 9.47 Å². The van der Waals surface area contributed by atoms with Gasteiger partial charge in [0.15, 0.2) is 0 Å². The first kappa shape index (κ1) is 13.5. The average molecular weight is 229 g/mol. The minimum absolute atomic E-state index is 0.142. The second kappa shape index (κ2) is 5.64. The Morgan fingerprint density at radius 1 is 1.31 bits per heavy atom. The average Bonchev–Trinajstić information content (AvgIpc) is 2.15. The summed E-state index contributed by atoms with van der Waals surface area (Å²) in [7, 11) is 1.45. The summed E-state index contributed by atoms with van der Waals surface area (Å²) >= 11 is 0. The van der Waals surface area contributed by atoms with Crippen LogP contribution in [0.15, 0.2) is 0 Å². The zero-order valence-corrected chi connectivity index (χ0v) is 10.9. The number of rotatable bonds is 3. The van der Waals surface area contributed by atoms with Crippen molar-refractivity contribution in [2.75, 3.05) is 20.2 Å². The van der Waals surface area contributed by atoms with E-state index in [2.05, 4.69) is 4.90 Å². The van der Waals surface area contributed by atoms with Gasteiger partial charge in [0.1, 0.15) is 6.04 Å². The molecule has 0 radical (unpaired) electrons. The van der Waals surface area contributed by atoms with Crippen molar-refractivity contribution in [2.45, 2.75) is 45.9 Å². The molecule has 0 unspecified atom stereocenters. The lowest BCUT2D eigenvalue weighted by Gasteiger charge is -2.40. The first-order valence-corrected chi connectivity index (χ1v) is 5.93. The van der Waals surface area contributed by atoms with Crippen LogP contribution in [0.3, 0.4) is 0 Å². The Kier molecular flexibility index (Phi) is 4.74. The third-order valence-corrected chi connectivity index (χ3v) is 2.92. The van der Waals surface area contributed by atoms with Crippen LogP contribution in [0.5, 0.6) is 0 Å². The lowest BCUT2D eigenvalue weighted by molar-refractivity contribution is -0.155. The van der Waals surface area contributed by atoms with Crippen LogP contribution < -0.4 is 0 Å². The van der Waals surface area contributed by atoms with Crippen molar-refractivity contribution in [1.82, 2.24) is 4.90 Å². The van der Waals surface area contributed by atoms with Crippen molar-refractivity contribution in [3.63, 3.8) is 0 Å². The molecule has 0 aliphatic carbocycles. The predicted octanol–water partition coefficient (Wildman–Crippen LogP) is 1.29. The standard InChI is InChI=1S/C12H23NO3/c1-8(2)11(12(14)15-5)13-6-9(3)16-10(4)7-13/h8-11H,6-7H2,1-5H3/t9-,10+,11-/m1/s1. The van der Waals surface area contributed by atoms with E-state index < -0.39 is 0 Å². The third kappa shape index (κ3) is 3.19. The zero-order chi connectivity index (χ0) is 12.3. The summed E-state index contributed by atoms with van der Waals surface area (Å²) in [5.74, 6) is 0.112. The van der Waals surface area contributed by atoms with Gasteiger partial charge in [-0.2, -0.15) is 0 Å². The van der Waals surface area contributed by atoms with Crippen molar-refractivity contribution in [2.24, 2.45) is 5.92 Å². The summed E-state index contributed by atoms with van der Waals surface area (Å²) in [6.07, 6.45) is 0.351. The number of esters is 1. The lowest BCUT2D eigenvalue weighted by Crippen LogP contribution is -2.54. The fraction of sp³-hybridized carbons (Fsp3) is 0.917. The van der Waals surface area contributed by atoms with Crippen molar-refractivity contribution in [3.05, 3.63) is 0 Å². The number of nitrogens with zero attached hydrogens (tertiary/aromatic N) is 1. The van der Waals surface area contributed by atoms with Crippen LogP contribution in [-0.2, 0) is 14.3 Å². The summed E-state index contributed by atoms with van der Waals surface area (Å²) in [6.45, 7) is 9.76. The molecule has 0 saturated carbocycles. The van der Waals surface area contributed by atoms with Gasteiger partial charge in [0.25, 0.3) is 0 Å². The molecule has 1 heterocycles. The number of morpholine rings is 1. The summed E-state index contributed by atoms with van der Waals surface area (Å²) in [5.41, 5.74) is 0. The Hall–Kier alpha value is -0.610. The highest BCUT2D eigenvalue weighted by atomic mass is 16.5. The number of carbonyl (C=O) groups is 1. The SMILES string of the molecule is COC(=O)[C@@H](C(C)C)N1C[C@@H](C)O[C@@H](C)C1. The molecule has 1 rings (SSSR count). The van der Waals surface area contributed by atoms with Gasteiger partial charge >= 0.3 is 5.97 Å². The third-order valence-electron chi connectivity index (χ3n) is 2.92. The van der Waals surface area contributed by atoms with Crippen LogP contribution in [0.4, 0.5) is 0 Å². The fourth-order valence-electron chi connectivity index (χ4n) is 2.41. The highest BCUT2D eigenvalue weighted by molar-refractivity contribution is 5.76. The maximum Gasteiger partial charge on any atom is 0.323 e. The predicted molar refractivity (Wildman–Crippen MR) is 62.2 cm³/mol. The van der Waals surface area contributed by atoms with Gasteiger partial charge in [-0.1, -0.05) is 13.8 Å². The van der Waals surface area contributed by atoms with Crippen molar-refractivity contribution in [1.29, 1.82) is 0 Å². The molecule has 0 bridgehead atoms. The summed E-state index contributed by atoms with van der Waals surface area (Å²) in [4.78, 5) is 13.9. The molecule has 1 fully saturated rings. The topological polar surface area (TPSA) is 38.8 Å². The van der Waals surface area contributed by atoms with Gasteiger partial charge in [0, 0.05) is 13.1 Å². The first-order valence-electron chi connectivity index (χ1n) is 5.93. The first-order chi connectivity index (χ1) is 7.45. The molecular weight excluding hydrogens is 206 g/mol. The Labute approximate surface area is 97.9 Å². The molecule has 0 spiro atoms. The highest BCUT2D eigenvalue weighted by Gasteiger charge is 2.34. The number of hydrogen-bond acceptors (Lipinski definition) is 4. The van der Waals surface area contributed by atoms with Gasteiger partial charge in [-0.3, -0.25) is 9.69 Å². The summed E-state index contributed by atoms with van der Waals surface area (Å²) < 4.78 is 10.5. The molecule has 0 aromatic carbocycles. The van der Waals surface area contributed by atoms with Crippen LogP contribution in [0.1, 0.15) is 27.7 Å². The fourth-order valence-corrected chi connectivity index (χ4v) is 2.41. The number of ether oxygens (including phenoxy) is 2. The molecule has 0 aromatic heterocycles. The van der Waals surface area contributed by atoms with E-state index >= 15 is 0 Å². The molecule has 94 valence electrons. The molecule has 1 aliphatic heterocycles. The largest absolute Gasteiger partial charge is 0.468 e. The minimum Gasteiger partial charge on any atom is -0.468 e. The zero-order valence-electron chi connectivity index (χ0n) is 10.9. The van der Waals surface area contributed by atoms with Gasteiger partial charge in [-0.25, -0.2) is 0 Å². The maximum absolute atomic E-state index is 11.8. The van der Waals surface area contributed by atoms with E-state index in [1.165, 1.54) is 7.11 Å². The van der Waals surface area contributed by atoms with Gasteiger partial charge in [0.05, 0.1) is 19.3 Å². The van der Waals surface area contributed by atoms with Crippen molar-refractivity contribution >= 4 is 5.97 Å². The molecule has 0 aromatic rings. The second-order valence-electron chi connectivity index (χ2n) is 4.92. The van der Waals surface area contributed by atoms with Crippen molar-refractivity contribution in [3.8, 4) is 0 Å². The molecular formula is C12H23NO3. The normalized spacial score (nSPS) is 29.1. The lowest BCUT2D eigenvalue weighted by atomic mass is 10.0. The molecule has 0 amide bonds. The quantitative estimate of drug-likeness (QED) is 0.684. The van der Waals surface area contributed by atoms with E-state index in [1.807, 2.05) is 27.7 Å². The van der Waals surface area contributed by atoms with Gasteiger partial charge in [-0.05, 0) is 19.8 Å². The van der Waals surface area contributed by atoms with Crippen LogP contribution in [0, 0.1) is 5.92 Å². The number of methoxy groups -OCH3 is 1. The van der Waals surface area contributed by atoms with E-state index in [9.17, 15) is 4.79 Å². The van der Waals surface area contributed by atoms with Crippen LogP contribution in [0.2, 0.25) is 0 Å². The van der Waals surface area contributed by atoms with Crippen LogP contribution in [-0.4, -0.2) is 49.3 Å². The molecule has 4 heteroatoms. The monoisotopic (exact) mass is 229 g/mol. The maximum atomic E-state index is 11.8. The van der Waals surface area contributed by atoms with Gasteiger partial charge in [-0.15, -0.1) is 0 Å². The molecule has 0 N–H and O–H groups in total. The number of carbonyl (C=O) groups excluding carboxylic acids is 1. The smallest absolute Gasteiger partial charge is 0.323 e. The van der Waals surface area contributed by atoms with E-state index in [0.717, 1.165) is 13.1 Å². The molecule has 4 nitrogen and oxygen atoms in total. The molecule has 16 heavy (non-hydrogen) atoms. The van der Waals surface area contributed by atoms with Crippen molar-refractivity contribution < 1.29 is 14.3 Å².